The van der Waals surface area contributed by atoms with E-state index in [-0.39, 0.29) is 13.2 Å². The van der Waals surface area contributed by atoms with Crippen LogP contribution in [0.15, 0.2) is 18.6 Å². The van der Waals surface area contributed by atoms with Gasteiger partial charge in [-0.2, -0.15) is 0 Å². The number of hydrogen-bond acceptors (Lipinski definition) is 6. The topological polar surface area (TPSA) is 94.7 Å². The van der Waals surface area contributed by atoms with Crippen molar-refractivity contribution in [3.8, 4) is 0 Å². The van der Waals surface area contributed by atoms with Crippen LogP contribution in [-0.4, -0.2) is 50.4 Å². The Morgan fingerprint density at radius 1 is 1.42 bits per heavy atom. The molecule has 0 spiro atoms. The molecule has 4 N–H and O–H groups in total. The highest BCUT2D eigenvalue weighted by molar-refractivity contribution is 5.65. The van der Waals surface area contributed by atoms with Crippen LogP contribution in [0.3, 0.4) is 0 Å². The summed E-state index contributed by atoms with van der Waals surface area (Å²) in [7, 11) is 0. The fraction of sp³-hybridized carbons (Fsp3) is 0.500. The number of hydrogen-bond donors (Lipinski definition) is 4. The summed E-state index contributed by atoms with van der Waals surface area (Å²) in [6.45, 7) is 2.86. The molecule has 19 heavy (non-hydrogen) atoms. The van der Waals surface area contributed by atoms with Gasteiger partial charge in [-0.05, 0) is 6.42 Å². The zero-order valence-corrected chi connectivity index (χ0v) is 10.9. The lowest BCUT2D eigenvalue weighted by atomic mass is 10.4. The zero-order chi connectivity index (χ0) is 13.7. The molecule has 0 aliphatic carbocycles. The van der Waals surface area contributed by atoms with Gasteiger partial charge in [0.05, 0.1) is 18.9 Å². The van der Waals surface area contributed by atoms with Crippen LogP contribution in [0, 0.1) is 0 Å². The number of aliphatic hydroxyl groups excluding tert-OH is 2. The highest BCUT2D eigenvalue weighted by atomic mass is 16.3. The molecule has 1 atom stereocenters. The predicted octanol–water partition coefficient (Wildman–Crippen LogP) is 0.316. The Morgan fingerprint density at radius 2 is 2.26 bits per heavy atom. The Labute approximate surface area is 111 Å². The third-order valence-corrected chi connectivity index (χ3v) is 2.65. The maximum atomic E-state index is 9.37. The van der Waals surface area contributed by atoms with E-state index >= 15 is 0 Å². The van der Waals surface area contributed by atoms with Crippen LogP contribution in [0.4, 0.5) is 11.6 Å². The zero-order valence-electron chi connectivity index (χ0n) is 10.9. The van der Waals surface area contributed by atoms with Gasteiger partial charge in [-0.3, -0.25) is 0 Å². The highest BCUT2D eigenvalue weighted by Gasteiger charge is 2.09. The van der Waals surface area contributed by atoms with Crippen LogP contribution in [0.5, 0.6) is 0 Å². The average molecular weight is 265 g/mol. The summed E-state index contributed by atoms with van der Waals surface area (Å²) in [4.78, 5) is 8.63. The van der Waals surface area contributed by atoms with Crippen molar-refractivity contribution < 1.29 is 10.2 Å². The van der Waals surface area contributed by atoms with Crippen molar-refractivity contribution in [1.82, 2.24) is 14.4 Å². The summed E-state index contributed by atoms with van der Waals surface area (Å²) in [5.41, 5.74) is 0.687. The van der Waals surface area contributed by atoms with Gasteiger partial charge in [0.15, 0.2) is 11.5 Å². The van der Waals surface area contributed by atoms with Gasteiger partial charge >= 0.3 is 0 Å². The first-order valence-corrected chi connectivity index (χ1v) is 6.35. The minimum atomic E-state index is -0.816. The molecule has 2 rings (SSSR count). The molecule has 0 aliphatic rings. The normalized spacial score (nSPS) is 12.6. The van der Waals surface area contributed by atoms with Gasteiger partial charge in [0.25, 0.3) is 0 Å². The van der Waals surface area contributed by atoms with Gasteiger partial charge in [0.1, 0.15) is 5.82 Å². The van der Waals surface area contributed by atoms with Gasteiger partial charge in [0.2, 0.25) is 0 Å². The second kappa shape index (κ2) is 6.35. The van der Waals surface area contributed by atoms with E-state index in [2.05, 4.69) is 27.5 Å². The fourth-order valence-electron chi connectivity index (χ4n) is 1.67. The molecule has 0 saturated heterocycles. The Kier molecular flexibility index (Phi) is 4.53. The van der Waals surface area contributed by atoms with Crippen LogP contribution in [0.2, 0.25) is 0 Å². The van der Waals surface area contributed by atoms with E-state index in [1.807, 2.05) is 16.8 Å². The molecule has 0 aromatic carbocycles. The molecule has 0 saturated carbocycles. The molecule has 0 bridgehead atoms. The Hall–Kier alpha value is -1.86. The van der Waals surface area contributed by atoms with Crippen molar-refractivity contribution in [1.29, 1.82) is 0 Å². The summed E-state index contributed by atoms with van der Waals surface area (Å²) < 4.78 is 1.86. The smallest absolute Gasteiger partial charge is 0.180 e. The second-order valence-corrected chi connectivity index (χ2v) is 4.28. The first kappa shape index (κ1) is 13.6. The van der Waals surface area contributed by atoms with E-state index in [9.17, 15) is 5.11 Å². The highest BCUT2D eigenvalue weighted by Crippen LogP contribution is 2.16. The SMILES string of the molecule is CCCNc1cn2ccnc2c(NCC(O)CO)n1. The third kappa shape index (κ3) is 3.33. The van der Waals surface area contributed by atoms with Gasteiger partial charge in [-0.1, -0.05) is 6.92 Å². The van der Waals surface area contributed by atoms with Crippen molar-refractivity contribution in [2.24, 2.45) is 0 Å². The number of rotatable bonds is 7. The molecule has 1 unspecified atom stereocenters. The van der Waals surface area contributed by atoms with E-state index < -0.39 is 6.10 Å². The standard InChI is InChI=1S/C12H19N5O2/c1-2-3-13-10-7-17-5-4-14-12(17)11(16-10)15-6-9(19)8-18/h4-5,7,9,13,18-19H,2-3,6,8H2,1H3,(H,15,16). The van der Waals surface area contributed by atoms with Crippen LogP contribution in [0.25, 0.3) is 5.65 Å². The van der Waals surface area contributed by atoms with Crippen LogP contribution in [-0.2, 0) is 0 Å². The van der Waals surface area contributed by atoms with E-state index in [0.717, 1.165) is 18.8 Å². The molecule has 0 aliphatic heterocycles. The van der Waals surface area contributed by atoms with E-state index in [1.54, 1.807) is 6.20 Å². The van der Waals surface area contributed by atoms with Gasteiger partial charge in [-0.15, -0.1) is 0 Å². The number of nitrogens with one attached hydrogen (secondary N) is 2. The maximum Gasteiger partial charge on any atom is 0.180 e. The second-order valence-electron chi connectivity index (χ2n) is 4.28. The van der Waals surface area contributed by atoms with E-state index in [4.69, 9.17) is 5.11 Å². The van der Waals surface area contributed by atoms with Crippen molar-refractivity contribution in [2.75, 3.05) is 30.3 Å². The summed E-state index contributed by atoms with van der Waals surface area (Å²) in [6.07, 6.45) is 5.58. The lowest BCUT2D eigenvalue weighted by molar-refractivity contribution is 0.105. The average Bonchev–Trinajstić information content (AvgIpc) is 2.90. The molecule has 2 aromatic rings. The molecule has 0 amide bonds. The number of fused-ring (bicyclic) bond motifs is 1. The number of anilines is 2. The molecule has 2 heterocycles. The Morgan fingerprint density at radius 3 is 3.00 bits per heavy atom. The van der Waals surface area contributed by atoms with E-state index in [1.165, 1.54) is 0 Å². The quantitative estimate of drug-likeness (QED) is 0.576. The monoisotopic (exact) mass is 265 g/mol. The van der Waals surface area contributed by atoms with Crippen molar-refractivity contribution in [2.45, 2.75) is 19.4 Å². The van der Waals surface area contributed by atoms with Crippen molar-refractivity contribution >= 4 is 17.3 Å². The van der Waals surface area contributed by atoms with Gasteiger partial charge in [-0.25, -0.2) is 9.97 Å². The summed E-state index contributed by atoms with van der Waals surface area (Å²) in [6, 6.07) is 0. The summed E-state index contributed by atoms with van der Waals surface area (Å²) in [5, 5.41) is 24.4. The third-order valence-electron chi connectivity index (χ3n) is 2.65. The van der Waals surface area contributed by atoms with Crippen molar-refractivity contribution in [3.05, 3.63) is 18.6 Å². The lowest BCUT2D eigenvalue weighted by Gasteiger charge is -2.12. The first-order valence-electron chi connectivity index (χ1n) is 6.35. The summed E-state index contributed by atoms with van der Waals surface area (Å²) in [5.74, 6) is 1.33. The Bertz CT molecular complexity index is 528. The maximum absolute atomic E-state index is 9.37. The largest absolute Gasteiger partial charge is 0.394 e. The summed E-state index contributed by atoms with van der Waals surface area (Å²) >= 11 is 0. The van der Waals surface area contributed by atoms with Gasteiger partial charge in [0, 0.05) is 25.5 Å². The van der Waals surface area contributed by atoms with Crippen LogP contribution in [0.1, 0.15) is 13.3 Å². The molecule has 7 nitrogen and oxygen atoms in total. The van der Waals surface area contributed by atoms with Gasteiger partial charge < -0.3 is 25.2 Å². The first-order chi connectivity index (χ1) is 9.24. The van der Waals surface area contributed by atoms with Crippen LogP contribution < -0.4 is 10.6 Å². The molecule has 104 valence electrons. The van der Waals surface area contributed by atoms with Crippen molar-refractivity contribution in [3.63, 3.8) is 0 Å². The number of nitrogens with zero attached hydrogens (tertiary/aromatic N) is 3. The minimum Gasteiger partial charge on any atom is -0.394 e. The molecular weight excluding hydrogens is 246 g/mol. The Balaban J connectivity index is 2.21. The number of aromatic nitrogens is 3. The fourth-order valence-corrected chi connectivity index (χ4v) is 1.67. The molecule has 7 heteroatoms. The number of imidazole rings is 1. The molecule has 0 fully saturated rings. The van der Waals surface area contributed by atoms with E-state index in [0.29, 0.717) is 11.5 Å². The molecule has 2 aromatic heterocycles. The van der Waals surface area contributed by atoms with Crippen LogP contribution >= 0.6 is 0 Å². The lowest BCUT2D eigenvalue weighted by Crippen LogP contribution is -2.23. The minimum absolute atomic E-state index is 0.225. The predicted molar refractivity (Wildman–Crippen MR) is 73.4 cm³/mol. The number of aliphatic hydroxyl groups is 2. The molecule has 0 radical (unpaired) electrons. The molecular formula is C12H19N5O2.